The van der Waals surface area contributed by atoms with Gasteiger partial charge in [0.15, 0.2) is 5.82 Å². The highest BCUT2D eigenvalue weighted by atomic mass is 16.3. The number of piperidine rings is 1. The van der Waals surface area contributed by atoms with Gasteiger partial charge in [-0.1, -0.05) is 0 Å². The summed E-state index contributed by atoms with van der Waals surface area (Å²) in [5, 5.41) is 28.2. The maximum Gasteiger partial charge on any atom is 0.261 e. The number of likely N-dealkylation sites (tertiary alicyclic amines) is 1. The number of pyridine rings is 1. The molecule has 2 aromatic heterocycles. The van der Waals surface area contributed by atoms with Gasteiger partial charge in [0.25, 0.3) is 11.5 Å². The van der Waals surface area contributed by atoms with Gasteiger partial charge in [-0.3, -0.25) is 14.3 Å². The number of aromatic amines is 1. The first kappa shape index (κ1) is 25.0. The summed E-state index contributed by atoms with van der Waals surface area (Å²) in [6.07, 6.45) is 5.64. The number of nitrogens with zero attached hydrogens (tertiary/aromatic N) is 4. The summed E-state index contributed by atoms with van der Waals surface area (Å²) in [4.78, 5) is 30.6. The number of nitrogens with one attached hydrogen (secondary N) is 2. The summed E-state index contributed by atoms with van der Waals surface area (Å²) >= 11 is 0. The maximum atomic E-state index is 13.2. The van der Waals surface area contributed by atoms with Gasteiger partial charge in [0.2, 0.25) is 0 Å². The largest absolute Gasteiger partial charge is 0.390 e. The number of H-pyrrole nitrogens is 1. The summed E-state index contributed by atoms with van der Waals surface area (Å²) in [6, 6.07) is 9.58. The number of nitriles is 1. The van der Waals surface area contributed by atoms with Crippen molar-refractivity contribution in [1.29, 1.82) is 5.26 Å². The highest BCUT2D eigenvalue weighted by Gasteiger charge is 2.35. The van der Waals surface area contributed by atoms with Crippen molar-refractivity contribution < 1.29 is 9.90 Å². The lowest BCUT2D eigenvalue weighted by Gasteiger charge is -2.38. The molecular weight excluding hydrogens is 468 g/mol. The lowest BCUT2D eigenvalue weighted by Crippen LogP contribution is -2.44. The summed E-state index contributed by atoms with van der Waals surface area (Å²) < 4.78 is 1.83. The molecule has 0 spiro atoms. The Bertz CT molecular complexity index is 1410. The Labute approximate surface area is 216 Å². The van der Waals surface area contributed by atoms with Crippen LogP contribution in [0.4, 0.5) is 11.5 Å². The molecule has 1 unspecified atom stereocenters. The second kappa shape index (κ2) is 9.67. The molecule has 0 radical (unpaired) electrons. The first-order valence-corrected chi connectivity index (χ1v) is 13.0. The first-order chi connectivity index (χ1) is 17.7. The van der Waals surface area contributed by atoms with E-state index in [9.17, 15) is 20.0 Å². The number of aryl methyl sites for hydroxylation is 1. The lowest BCUT2D eigenvalue weighted by atomic mass is 9.83. The van der Waals surface area contributed by atoms with E-state index >= 15 is 0 Å². The molecule has 37 heavy (non-hydrogen) atoms. The van der Waals surface area contributed by atoms with E-state index in [1.165, 1.54) is 0 Å². The van der Waals surface area contributed by atoms with Crippen molar-refractivity contribution in [2.75, 3.05) is 18.4 Å². The number of amides is 1. The van der Waals surface area contributed by atoms with Crippen LogP contribution in [0.5, 0.6) is 0 Å². The van der Waals surface area contributed by atoms with Crippen LogP contribution in [0.3, 0.4) is 0 Å². The molecular formula is C28H34N6O3. The molecule has 3 aromatic rings. The smallest absolute Gasteiger partial charge is 0.261 e. The minimum Gasteiger partial charge on any atom is -0.390 e. The number of aliphatic hydroxyl groups is 1. The molecule has 1 aliphatic carbocycles. The van der Waals surface area contributed by atoms with Crippen LogP contribution in [-0.4, -0.2) is 49.4 Å². The van der Waals surface area contributed by atoms with Gasteiger partial charge in [-0.05, 0) is 88.1 Å². The fourth-order valence-corrected chi connectivity index (χ4v) is 5.54. The maximum absolute atomic E-state index is 13.2. The highest BCUT2D eigenvalue weighted by Crippen LogP contribution is 2.43. The van der Waals surface area contributed by atoms with Crippen LogP contribution in [0.2, 0.25) is 0 Å². The predicted molar refractivity (Wildman–Crippen MR) is 142 cm³/mol. The monoisotopic (exact) mass is 502 g/mol. The van der Waals surface area contributed by atoms with Gasteiger partial charge in [0.1, 0.15) is 5.39 Å². The Morgan fingerprint density at radius 3 is 2.62 bits per heavy atom. The van der Waals surface area contributed by atoms with Gasteiger partial charge in [-0.25, -0.2) is 0 Å². The van der Waals surface area contributed by atoms with E-state index in [0.717, 1.165) is 36.9 Å². The molecule has 1 saturated carbocycles. The van der Waals surface area contributed by atoms with Crippen molar-refractivity contribution in [1.82, 2.24) is 19.7 Å². The Balaban J connectivity index is 1.38. The average Bonchev–Trinajstić information content (AvgIpc) is 3.64. The normalized spacial score (nSPS) is 17.5. The number of rotatable bonds is 7. The van der Waals surface area contributed by atoms with Gasteiger partial charge >= 0.3 is 0 Å². The molecule has 1 saturated heterocycles. The fourth-order valence-electron chi connectivity index (χ4n) is 5.54. The third-order valence-corrected chi connectivity index (χ3v) is 7.91. The van der Waals surface area contributed by atoms with Gasteiger partial charge in [0.05, 0.1) is 29.6 Å². The number of anilines is 2. The fraction of sp³-hybridized carbons (Fsp3) is 0.500. The SMILES string of the molecule is Cc1cc(Nc2nn(C(CC#N)C3CC3)c3cc[nH]c(=O)c23)ccc1C(=O)N1CCC(C(C)(C)O)CC1. The van der Waals surface area contributed by atoms with E-state index in [2.05, 4.69) is 16.4 Å². The molecule has 1 amide bonds. The van der Waals surface area contributed by atoms with E-state index in [4.69, 9.17) is 5.10 Å². The molecule has 2 aliphatic rings. The summed E-state index contributed by atoms with van der Waals surface area (Å²) in [5.74, 6) is 1.02. The standard InChI is InChI=1S/C28H34N6O3/c1-17-16-20(6-7-21(17)27(36)33-14-10-19(11-15-33)28(2,3)37)31-25-24-23(9-13-30-26(24)35)34(32-25)22(8-12-29)18-4-5-18/h6-7,9,13,16,18-19,22,37H,4-5,8,10-11,14-15H2,1-3H3,(H,30,35)(H,31,32). The van der Waals surface area contributed by atoms with Crippen LogP contribution in [0.15, 0.2) is 35.3 Å². The number of carbonyl (C=O) groups is 1. The molecule has 1 aliphatic heterocycles. The number of benzene rings is 1. The third kappa shape index (κ3) is 4.98. The number of aromatic nitrogens is 3. The zero-order chi connectivity index (χ0) is 26.3. The van der Waals surface area contributed by atoms with Gasteiger partial charge in [-0.2, -0.15) is 10.4 Å². The van der Waals surface area contributed by atoms with Crippen LogP contribution in [0.1, 0.15) is 67.9 Å². The molecule has 194 valence electrons. The molecule has 1 aromatic carbocycles. The molecule has 3 N–H and O–H groups in total. The topological polar surface area (TPSA) is 127 Å². The Morgan fingerprint density at radius 2 is 2.00 bits per heavy atom. The number of hydrogen-bond donors (Lipinski definition) is 3. The van der Waals surface area contributed by atoms with E-state index in [1.807, 2.05) is 54.6 Å². The zero-order valence-corrected chi connectivity index (χ0v) is 21.6. The van der Waals surface area contributed by atoms with Gasteiger partial charge < -0.3 is 20.3 Å². The summed E-state index contributed by atoms with van der Waals surface area (Å²) in [5.41, 5.74) is 1.94. The molecule has 2 fully saturated rings. The quantitative estimate of drug-likeness (QED) is 0.443. The van der Waals surface area contributed by atoms with Crippen LogP contribution in [0, 0.1) is 30.1 Å². The summed E-state index contributed by atoms with van der Waals surface area (Å²) in [6.45, 7) is 6.83. The number of carbonyl (C=O) groups excluding carboxylic acids is 1. The number of hydrogen-bond acceptors (Lipinski definition) is 6. The number of fused-ring (bicyclic) bond motifs is 1. The molecule has 9 nitrogen and oxygen atoms in total. The molecule has 5 rings (SSSR count). The molecule has 9 heteroatoms. The molecule has 3 heterocycles. The van der Waals surface area contributed by atoms with Crippen LogP contribution in [-0.2, 0) is 0 Å². The Hall–Kier alpha value is -3.64. The average molecular weight is 503 g/mol. The zero-order valence-electron chi connectivity index (χ0n) is 21.6. The molecule has 1 atom stereocenters. The van der Waals surface area contributed by atoms with E-state index < -0.39 is 5.60 Å². The summed E-state index contributed by atoms with van der Waals surface area (Å²) in [7, 11) is 0. The Morgan fingerprint density at radius 1 is 1.27 bits per heavy atom. The highest BCUT2D eigenvalue weighted by molar-refractivity contribution is 5.96. The second-order valence-corrected chi connectivity index (χ2v) is 11.0. The van der Waals surface area contributed by atoms with Gasteiger partial charge in [-0.15, -0.1) is 0 Å². The van der Waals surface area contributed by atoms with Crippen LogP contribution >= 0.6 is 0 Å². The predicted octanol–water partition coefficient (Wildman–Crippen LogP) is 4.26. The van der Waals surface area contributed by atoms with Crippen molar-refractivity contribution in [2.45, 2.75) is 64.5 Å². The van der Waals surface area contributed by atoms with E-state index in [0.29, 0.717) is 47.7 Å². The van der Waals surface area contributed by atoms with Gasteiger partial charge in [0, 0.05) is 30.5 Å². The minimum absolute atomic E-state index is 0.00630. The van der Waals surface area contributed by atoms with E-state index in [-0.39, 0.29) is 23.4 Å². The molecule has 0 bridgehead atoms. The van der Waals surface area contributed by atoms with Crippen molar-refractivity contribution in [3.63, 3.8) is 0 Å². The van der Waals surface area contributed by atoms with Crippen molar-refractivity contribution in [3.8, 4) is 6.07 Å². The third-order valence-electron chi connectivity index (χ3n) is 7.91. The van der Waals surface area contributed by atoms with Crippen LogP contribution < -0.4 is 10.9 Å². The Kier molecular flexibility index (Phi) is 6.54. The second-order valence-electron chi connectivity index (χ2n) is 11.0. The first-order valence-electron chi connectivity index (χ1n) is 13.0. The van der Waals surface area contributed by atoms with Crippen molar-refractivity contribution in [2.24, 2.45) is 11.8 Å². The van der Waals surface area contributed by atoms with Crippen molar-refractivity contribution >= 4 is 28.3 Å². The van der Waals surface area contributed by atoms with E-state index in [1.54, 1.807) is 6.20 Å². The minimum atomic E-state index is -0.732. The van der Waals surface area contributed by atoms with Crippen LogP contribution in [0.25, 0.3) is 10.9 Å². The van der Waals surface area contributed by atoms with Crippen molar-refractivity contribution in [3.05, 3.63) is 51.9 Å². The lowest BCUT2D eigenvalue weighted by molar-refractivity contribution is -0.0108.